The van der Waals surface area contributed by atoms with Crippen molar-refractivity contribution in [1.82, 2.24) is 0 Å². The third kappa shape index (κ3) is 5.42. The normalized spacial score (nSPS) is 13.6. The molecule has 6 heteroatoms. The highest BCUT2D eigenvalue weighted by Crippen LogP contribution is 2.32. The second kappa shape index (κ2) is 6.78. The van der Waals surface area contributed by atoms with Crippen molar-refractivity contribution in [3.05, 3.63) is 34.3 Å². The SMILES string of the molecule is CS(=O)(=O)CCSC(CN)c1ccccc1Br. The molecule has 0 aliphatic heterocycles. The van der Waals surface area contributed by atoms with Crippen LogP contribution in [0.1, 0.15) is 10.8 Å². The molecule has 0 saturated carbocycles. The first-order valence-electron chi connectivity index (χ1n) is 5.18. The number of sulfone groups is 1. The van der Waals surface area contributed by atoms with E-state index < -0.39 is 9.84 Å². The zero-order valence-electron chi connectivity index (χ0n) is 9.60. The number of thioether (sulfide) groups is 1. The first-order chi connectivity index (χ1) is 7.94. The largest absolute Gasteiger partial charge is 0.329 e. The Morgan fingerprint density at radius 2 is 2.06 bits per heavy atom. The molecule has 1 atom stereocenters. The van der Waals surface area contributed by atoms with Crippen LogP contribution in [0.2, 0.25) is 0 Å². The molecule has 0 bridgehead atoms. The Balaban J connectivity index is 2.64. The van der Waals surface area contributed by atoms with Crippen molar-refractivity contribution >= 4 is 37.5 Å². The van der Waals surface area contributed by atoms with E-state index in [0.29, 0.717) is 12.3 Å². The van der Waals surface area contributed by atoms with Crippen molar-refractivity contribution in [2.45, 2.75) is 5.25 Å². The Bertz CT molecular complexity index is 462. The van der Waals surface area contributed by atoms with Gasteiger partial charge in [0.2, 0.25) is 0 Å². The average Bonchev–Trinajstić information content (AvgIpc) is 2.24. The fraction of sp³-hybridized carbons (Fsp3) is 0.455. The molecule has 96 valence electrons. The van der Waals surface area contributed by atoms with Crippen LogP contribution in [0.25, 0.3) is 0 Å². The third-order valence-electron chi connectivity index (χ3n) is 2.24. The Labute approximate surface area is 115 Å². The molecule has 3 nitrogen and oxygen atoms in total. The quantitative estimate of drug-likeness (QED) is 0.864. The van der Waals surface area contributed by atoms with Crippen molar-refractivity contribution in [3.8, 4) is 0 Å². The van der Waals surface area contributed by atoms with E-state index in [4.69, 9.17) is 5.73 Å². The van der Waals surface area contributed by atoms with Gasteiger partial charge in [0, 0.05) is 28.3 Å². The molecule has 17 heavy (non-hydrogen) atoms. The van der Waals surface area contributed by atoms with Gasteiger partial charge in [-0.05, 0) is 11.6 Å². The van der Waals surface area contributed by atoms with Crippen molar-refractivity contribution in [2.24, 2.45) is 5.73 Å². The predicted molar refractivity (Wildman–Crippen MR) is 78.1 cm³/mol. The van der Waals surface area contributed by atoms with E-state index in [9.17, 15) is 8.42 Å². The van der Waals surface area contributed by atoms with E-state index >= 15 is 0 Å². The van der Waals surface area contributed by atoms with Gasteiger partial charge in [0.15, 0.2) is 0 Å². The molecule has 0 aromatic heterocycles. The lowest BCUT2D eigenvalue weighted by atomic mass is 10.1. The molecule has 2 N–H and O–H groups in total. The monoisotopic (exact) mass is 337 g/mol. The number of hydrogen-bond acceptors (Lipinski definition) is 4. The van der Waals surface area contributed by atoms with Gasteiger partial charge in [-0.25, -0.2) is 8.42 Å². The summed E-state index contributed by atoms with van der Waals surface area (Å²) >= 11 is 5.06. The van der Waals surface area contributed by atoms with Gasteiger partial charge in [0.25, 0.3) is 0 Å². The molecule has 0 amide bonds. The van der Waals surface area contributed by atoms with Crippen LogP contribution >= 0.6 is 27.7 Å². The number of rotatable bonds is 6. The lowest BCUT2D eigenvalue weighted by Gasteiger charge is -2.16. The number of benzene rings is 1. The fourth-order valence-corrected chi connectivity index (χ4v) is 4.48. The zero-order valence-corrected chi connectivity index (χ0v) is 12.8. The summed E-state index contributed by atoms with van der Waals surface area (Å²) in [6, 6.07) is 7.88. The van der Waals surface area contributed by atoms with Crippen LogP contribution < -0.4 is 5.73 Å². The van der Waals surface area contributed by atoms with E-state index in [1.165, 1.54) is 6.26 Å². The highest BCUT2D eigenvalue weighted by molar-refractivity contribution is 9.10. The van der Waals surface area contributed by atoms with Crippen LogP contribution in [-0.4, -0.2) is 32.7 Å². The van der Waals surface area contributed by atoms with E-state index in [1.54, 1.807) is 11.8 Å². The summed E-state index contributed by atoms with van der Waals surface area (Å²) in [6.07, 6.45) is 1.25. The smallest absolute Gasteiger partial charge is 0.148 e. The standard InChI is InChI=1S/C11H16BrNO2S2/c1-17(14,15)7-6-16-11(8-13)9-4-2-3-5-10(9)12/h2-5,11H,6-8,13H2,1H3. The summed E-state index contributed by atoms with van der Waals surface area (Å²) < 4.78 is 23.1. The molecular formula is C11H16BrNO2S2. The van der Waals surface area contributed by atoms with Gasteiger partial charge in [-0.15, -0.1) is 0 Å². The van der Waals surface area contributed by atoms with E-state index in [-0.39, 0.29) is 11.0 Å². The molecule has 1 aromatic rings. The molecule has 0 heterocycles. The van der Waals surface area contributed by atoms with Gasteiger partial charge in [-0.2, -0.15) is 11.8 Å². The predicted octanol–water partition coefficient (Wildman–Crippen LogP) is 2.23. The van der Waals surface area contributed by atoms with Crippen LogP contribution in [0.15, 0.2) is 28.7 Å². The lowest BCUT2D eigenvalue weighted by Crippen LogP contribution is -2.13. The maximum Gasteiger partial charge on any atom is 0.148 e. The summed E-state index contributed by atoms with van der Waals surface area (Å²) in [4.78, 5) is 0. The third-order valence-corrected chi connectivity index (χ3v) is 5.45. The maximum absolute atomic E-state index is 11.1. The summed E-state index contributed by atoms with van der Waals surface area (Å²) in [5.41, 5.74) is 6.85. The van der Waals surface area contributed by atoms with Gasteiger partial charge in [-0.1, -0.05) is 34.1 Å². The second-order valence-corrected chi connectivity index (χ2v) is 8.17. The van der Waals surface area contributed by atoms with Crippen molar-refractivity contribution in [3.63, 3.8) is 0 Å². The second-order valence-electron chi connectivity index (χ2n) is 3.75. The van der Waals surface area contributed by atoms with Crippen LogP contribution in [0.4, 0.5) is 0 Å². The van der Waals surface area contributed by atoms with E-state index in [0.717, 1.165) is 10.0 Å². The molecule has 0 saturated heterocycles. The van der Waals surface area contributed by atoms with Gasteiger partial charge < -0.3 is 5.73 Å². The maximum atomic E-state index is 11.1. The lowest BCUT2D eigenvalue weighted by molar-refractivity contribution is 0.603. The van der Waals surface area contributed by atoms with Crippen LogP contribution in [0.5, 0.6) is 0 Å². The summed E-state index contributed by atoms with van der Waals surface area (Å²) in [5, 5.41) is 0.132. The number of nitrogens with two attached hydrogens (primary N) is 1. The highest BCUT2D eigenvalue weighted by Gasteiger charge is 2.14. The molecule has 0 radical (unpaired) electrons. The molecule has 1 unspecified atom stereocenters. The summed E-state index contributed by atoms with van der Waals surface area (Å²) in [7, 11) is -2.89. The minimum absolute atomic E-state index is 0.132. The van der Waals surface area contributed by atoms with Crippen LogP contribution in [0.3, 0.4) is 0 Å². The van der Waals surface area contributed by atoms with Crippen molar-refractivity contribution in [1.29, 1.82) is 0 Å². The molecular weight excluding hydrogens is 322 g/mol. The molecule has 0 aliphatic rings. The summed E-state index contributed by atoms with van der Waals surface area (Å²) in [6.45, 7) is 0.497. The molecule has 1 aromatic carbocycles. The Kier molecular flexibility index (Phi) is 5.99. The molecule has 0 fully saturated rings. The van der Waals surface area contributed by atoms with Gasteiger partial charge in [-0.3, -0.25) is 0 Å². The number of halogens is 1. The zero-order chi connectivity index (χ0) is 12.9. The Morgan fingerprint density at radius 1 is 1.41 bits per heavy atom. The van der Waals surface area contributed by atoms with Gasteiger partial charge in [0.1, 0.15) is 9.84 Å². The van der Waals surface area contributed by atoms with E-state index in [2.05, 4.69) is 15.9 Å². The Morgan fingerprint density at radius 3 is 2.59 bits per heavy atom. The highest BCUT2D eigenvalue weighted by atomic mass is 79.9. The average molecular weight is 338 g/mol. The topological polar surface area (TPSA) is 60.2 Å². The molecule has 0 aliphatic carbocycles. The summed E-state index contributed by atoms with van der Waals surface area (Å²) in [5.74, 6) is 0.765. The minimum Gasteiger partial charge on any atom is -0.329 e. The van der Waals surface area contributed by atoms with Gasteiger partial charge in [0.05, 0.1) is 5.75 Å². The molecule has 0 spiro atoms. The van der Waals surface area contributed by atoms with Crippen LogP contribution in [0, 0.1) is 0 Å². The first kappa shape index (κ1) is 15.0. The van der Waals surface area contributed by atoms with Crippen LogP contribution in [-0.2, 0) is 9.84 Å². The first-order valence-corrected chi connectivity index (χ1v) is 9.08. The fourth-order valence-electron chi connectivity index (χ4n) is 1.36. The molecule has 1 rings (SSSR count). The van der Waals surface area contributed by atoms with Gasteiger partial charge >= 0.3 is 0 Å². The minimum atomic E-state index is -2.89. The van der Waals surface area contributed by atoms with Crippen molar-refractivity contribution < 1.29 is 8.42 Å². The number of hydrogen-bond donors (Lipinski definition) is 1. The Hall–Kier alpha value is -0.0400. The van der Waals surface area contributed by atoms with Crippen molar-refractivity contribution in [2.75, 3.05) is 24.3 Å². The van der Waals surface area contributed by atoms with E-state index in [1.807, 2.05) is 24.3 Å².